The number of para-hydroxylation sites is 2. The van der Waals surface area contributed by atoms with Gasteiger partial charge in [-0.25, -0.2) is 0 Å². The molecule has 0 unspecified atom stereocenters. The van der Waals surface area contributed by atoms with Gasteiger partial charge in [-0.1, -0.05) is 18.2 Å². The van der Waals surface area contributed by atoms with E-state index in [1.807, 2.05) is 0 Å². The van der Waals surface area contributed by atoms with Gasteiger partial charge in [0.25, 0.3) is 0 Å². The van der Waals surface area contributed by atoms with E-state index in [4.69, 9.17) is 14.3 Å². The first-order valence-electron chi connectivity index (χ1n) is 5.49. The smallest absolute Gasteiger partial charge is 0.200 e. The molecule has 1 heterocycles. The van der Waals surface area contributed by atoms with Gasteiger partial charge in [-0.05, 0) is 24.3 Å². The molecule has 0 saturated heterocycles. The monoisotopic (exact) mass is 242 g/mol. The highest BCUT2D eigenvalue weighted by atomic mass is 16.6. The van der Waals surface area contributed by atoms with Crippen molar-refractivity contribution in [2.24, 2.45) is 0 Å². The third kappa shape index (κ3) is 1.55. The fourth-order valence-corrected chi connectivity index (χ4v) is 1.98. The van der Waals surface area contributed by atoms with Crippen molar-refractivity contribution in [3.63, 3.8) is 0 Å². The van der Waals surface area contributed by atoms with Crippen LogP contribution in [0.2, 0.25) is 0 Å². The van der Waals surface area contributed by atoms with Crippen molar-refractivity contribution in [2.75, 3.05) is 6.79 Å². The summed E-state index contributed by atoms with van der Waals surface area (Å²) in [4.78, 5) is 12.3. The van der Waals surface area contributed by atoms with Crippen molar-refractivity contribution in [3.8, 4) is 5.75 Å². The van der Waals surface area contributed by atoms with Crippen LogP contribution in [-0.2, 0) is 0 Å². The topological polar surface area (TPSA) is 59.7 Å². The van der Waals surface area contributed by atoms with E-state index in [1.54, 1.807) is 42.5 Å². The summed E-state index contributed by atoms with van der Waals surface area (Å²) in [5, 5.41) is 9.80. The molecule has 0 saturated carbocycles. The zero-order valence-corrected chi connectivity index (χ0v) is 9.42. The maximum atomic E-state index is 12.3. The summed E-state index contributed by atoms with van der Waals surface area (Å²) < 4.78 is 10.7. The predicted molar refractivity (Wildman–Crippen MR) is 67.7 cm³/mol. The lowest BCUT2D eigenvalue weighted by molar-refractivity contribution is 0.0990. The third-order valence-corrected chi connectivity index (χ3v) is 2.79. The van der Waals surface area contributed by atoms with E-state index < -0.39 is 6.79 Å². The van der Waals surface area contributed by atoms with E-state index >= 15 is 0 Å². The van der Waals surface area contributed by atoms with Crippen molar-refractivity contribution in [1.82, 2.24) is 0 Å². The van der Waals surface area contributed by atoms with Crippen LogP contribution in [0.3, 0.4) is 0 Å². The lowest BCUT2D eigenvalue weighted by Gasteiger charge is -2.06. The number of aliphatic hydroxyl groups excluding tert-OH is 1. The molecule has 0 aliphatic carbocycles. The van der Waals surface area contributed by atoms with Gasteiger partial charge in [0.1, 0.15) is 5.58 Å². The Bertz CT molecular complexity index is 773. The molecular formula is C14H10O4. The molecule has 4 nitrogen and oxygen atoms in total. The summed E-state index contributed by atoms with van der Waals surface area (Å²) in [5.41, 5.74) is 0.759. The molecule has 0 aliphatic rings. The second kappa shape index (κ2) is 4.16. The zero-order valence-electron chi connectivity index (χ0n) is 9.42. The van der Waals surface area contributed by atoms with Crippen molar-refractivity contribution in [2.45, 2.75) is 0 Å². The zero-order chi connectivity index (χ0) is 12.5. The molecule has 1 N–H and O–H groups in total. The normalized spacial score (nSPS) is 10.9. The van der Waals surface area contributed by atoms with Gasteiger partial charge in [0.2, 0.25) is 5.43 Å². The maximum absolute atomic E-state index is 12.3. The molecule has 0 amide bonds. The van der Waals surface area contributed by atoms with E-state index in [1.165, 1.54) is 0 Å². The van der Waals surface area contributed by atoms with Gasteiger partial charge >= 0.3 is 0 Å². The summed E-state index contributed by atoms with van der Waals surface area (Å²) in [6, 6.07) is 12.1. The van der Waals surface area contributed by atoms with E-state index in [0.29, 0.717) is 27.7 Å². The van der Waals surface area contributed by atoms with Gasteiger partial charge in [-0.2, -0.15) is 0 Å². The Kier molecular flexibility index (Phi) is 2.50. The van der Waals surface area contributed by atoms with E-state index in [9.17, 15) is 4.79 Å². The number of rotatable bonds is 2. The quantitative estimate of drug-likeness (QED) is 0.553. The molecule has 18 heavy (non-hydrogen) atoms. The van der Waals surface area contributed by atoms with Gasteiger partial charge in [0, 0.05) is 0 Å². The average molecular weight is 242 g/mol. The second-order valence-electron chi connectivity index (χ2n) is 3.83. The number of hydrogen-bond donors (Lipinski definition) is 1. The van der Waals surface area contributed by atoms with Crippen LogP contribution in [0.25, 0.3) is 21.9 Å². The Morgan fingerprint density at radius 3 is 2.67 bits per heavy atom. The molecule has 4 heteroatoms. The Labute approximate surface area is 102 Å². The first-order chi connectivity index (χ1) is 8.81. The van der Waals surface area contributed by atoms with Crippen LogP contribution in [-0.4, -0.2) is 11.9 Å². The lowest BCUT2D eigenvalue weighted by Crippen LogP contribution is -2.03. The van der Waals surface area contributed by atoms with Gasteiger partial charge in [-0.3, -0.25) is 4.79 Å². The molecule has 0 bridgehead atoms. The number of aliphatic hydroxyl groups is 1. The minimum Gasteiger partial charge on any atom is -0.464 e. The molecular weight excluding hydrogens is 232 g/mol. The van der Waals surface area contributed by atoms with E-state index in [-0.39, 0.29) is 5.43 Å². The number of ether oxygens (including phenoxy) is 1. The van der Waals surface area contributed by atoms with E-state index in [2.05, 4.69) is 0 Å². The fourth-order valence-electron chi connectivity index (χ4n) is 1.98. The predicted octanol–water partition coefficient (Wildman–Crippen LogP) is 2.27. The Hall–Kier alpha value is -2.33. The highest BCUT2D eigenvalue weighted by Gasteiger charge is 2.10. The molecule has 3 aromatic rings. The van der Waals surface area contributed by atoms with Gasteiger partial charge < -0.3 is 14.3 Å². The highest BCUT2D eigenvalue weighted by molar-refractivity contribution is 5.92. The van der Waals surface area contributed by atoms with Crippen molar-refractivity contribution >= 4 is 21.9 Å². The minimum atomic E-state index is -0.463. The molecule has 2 aromatic carbocycles. The molecule has 0 fully saturated rings. The summed E-state index contributed by atoms with van der Waals surface area (Å²) in [5.74, 6) is 0.359. The lowest BCUT2D eigenvalue weighted by atomic mass is 10.1. The van der Waals surface area contributed by atoms with Crippen molar-refractivity contribution in [3.05, 3.63) is 52.7 Å². The standard InChI is InChI=1S/C14H10O4/c15-8-17-12-7-3-5-10-13(16)9-4-1-2-6-11(9)18-14(10)12/h1-7,15H,8H2. The molecule has 1 aromatic heterocycles. The molecule has 0 spiro atoms. The van der Waals surface area contributed by atoms with Crippen molar-refractivity contribution in [1.29, 1.82) is 0 Å². The molecule has 0 aliphatic heterocycles. The van der Waals surface area contributed by atoms with Crippen LogP contribution in [0, 0.1) is 0 Å². The molecule has 0 radical (unpaired) electrons. The Balaban J connectivity index is 2.47. The van der Waals surface area contributed by atoms with Crippen LogP contribution in [0.1, 0.15) is 0 Å². The van der Waals surface area contributed by atoms with Crippen LogP contribution in [0.15, 0.2) is 51.7 Å². The summed E-state index contributed by atoms with van der Waals surface area (Å²) in [7, 11) is 0. The minimum absolute atomic E-state index is 0.102. The van der Waals surface area contributed by atoms with Crippen molar-refractivity contribution < 1.29 is 14.3 Å². The number of fused-ring (bicyclic) bond motifs is 2. The van der Waals surface area contributed by atoms with Crippen LogP contribution >= 0.6 is 0 Å². The number of benzene rings is 2. The average Bonchev–Trinajstić information content (AvgIpc) is 2.40. The van der Waals surface area contributed by atoms with Gasteiger partial charge in [0.15, 0.2) is 18.1 Å². The third-order valence-electron chi connectivity index (χ3n) is 2.79. The van der Waals surface area contributed by atoms with Crippen LogP contribution in [0.4, 0.5) is 0 Å². The van der Waals surface area contributed by atoms with Gasteiger partial charge in [0.05, 0.1) is 10.8 Å². The Morgan fingerprint density at radius 1 is 1.06 bits per heavy atom. The first kappa shape index (κ1) is 10.8. The molecule has 3 rings (SSSR count). The van der Waals surface area contributed by atoms with Gasteiger partial charge in [-0.15, -0.1) is 0 Å². The van der Waals surface area contributed by atoms with E-state index in [0.717, 1.165) is 0 Å². The largest absolute Gasteiger partial charge is 0.464 e. The fraction of sp³-hybridized carbons (Fsp3) is 0.0714. The first-order valence-corrected chi connectivity index (χ1v) is 5.49. The molecule has 0 atom stereocenters. The maximum Gasteiger partial charge on any atom is 0.200 e. The highest BCUT2D eigenvalue weighted by Crippen LogP contribution is 2.26. The summed E-state index contributed by atoms with van der Waals surface area (Å²) in [6.45, 7) is -0.463. The summed E-state index contributed by atoms with van der Waals surface area (Å²) >= 11 is 0. The number of hydrogen-bond acceptors (Lipinski definition) is 4. The molecule has 90 valence electrons. The second-order valence-corrected chi connectivity index (χ2v) is 3.83. The summed E-state index contributed by atoms with van der Waals surface area (Å²) in [6.07, 6.45) is 0. The SMILES string of the molecule is O=c1c2ccccc2oc2c(OCO)cccc12. The van der Waals surface area contributed by atoms with Crippen LogP contribution < -0.4 is 10.2 Å². The Morgan fingerprint density at radius 2 is 1.83 bits per heavy atom. The van der Waals surface area contributed by atoms with Crippen LogP contribution in [0.5, 0.6) is 5.75 Å².